The maximum Gasteiger partial charge on any atom is 0.319 e. The first-order valence-corrected chi connectivity index (χ1v) is 14.5. The Morgan fingerprint density at radius 1 is 1.10 bits per heavy atom. The van der Waals surface area contributed by atoms with Crippen molar-refractivity contribution in [1.29, 1.82) is 0 Å². The number of ether oxygens (including phenoxy) is 2. The highest BCUT2D eigenvalue weighted by atomic mass is 16.5. The molecule has 0 fully saturated rings. The molecular weight excluding hydrogens is 530 g/mol. The molecule has 9 nitrogen and oxygen atoms in total. The van der Waals surface area contributed by atoms with Crippen molar-refractivity contribution < 1.29 is 19.1 Å². The van der Waals surface area contributed by atoms with Crippen molar-refractivity contribution in [3.63, 3.8) is 0 Å². The number of nitrogens with one attached hydrogen (secondary N) is 2. The molecule has 224 valence electrons. The van der Waals surface area contributed by atoms with E-state index in [4.69, 9.17) is 9.47 Å². The number of aromatic nitrogens is 1. The zero-order valence-electron chi connectivity index (χ0n) is 25.5. The number of urea groups is 1. The molecule has 0 radical (unpaired) electrons. The summed E-state index contributed by atoms with van der Waals surface area (Å²) in [7, 11) is 3.48. The second-order valence-corrected chi connectivity index (χ2v) is 11.4. The van der Waals surface area contributed by atoms with Crippen molar-refractivity contribution in [2.24, 2.45) is 5.92 Å². The van der Waals surface area contributed by atoms with Gasteiger partial charge >= 0.3 is 6.03 Å². The van der Waals surface area contributed by atoms with Crippen LogP contribution in [0, 0.1) is 5.92 Å². The Morgan fingerprint density at radius 3 is 2.52 bits per heavy atom. The van der Waals surface area contributed by atoms with E-state index in [1.807, 2.05) is 32.0 Å². The van der Waals surface area contributed by atoms with Crippen LogP contribution in [0.1, 0.15) is 43.6 Å². The van der Waals surface area contributed by atoms with Gasteiger partial charge in [-0.25, -0.2) is 4.79 Å². The van der Waals surface area contributed by atoms with Gasteiger partial charge in [0.05, 0.1) is 17.4 Å². The lowest BCUT2D eigenvalue weighted by Crippen LogP contribution is -2.46. The first kappa shape index (κ1) is 31.0. The molecule has 1 aliphatic rings. The van der Waals surface area contributed by atoms with Crippen LogP contribution in [0.2, 0.25) is 0 Å². The zero-order valence-corrected chi connectivity index (χ0v) is 25.5. The van der Waals surface area contributed by atoms with Gasteiger partial charge in [-0.15, -0.1) is 0 Å². The van der Waals surface area contributed by atoms with Gasteiger partial charge in [0.1, 0.15) is 12.4 Å². The van der Waals surface area contributed by atoms with E-state index in [2.05, 4.69) is 58.6 Å². The van der Waals surface area contributed by atoms with Crippen LogP contribution in [-0.2, 0) is 11.3 Å². The Kier molecular flexibility index (Phi) is 10.5. The lowest BCUT2D eigenvalue weighted by molar-refractivity contribution is 0.00922. The van der Waals surface area contributed by atoms with E-state index < -0.39 is 0 Å². The minimum absolute atomic E-state index is 0.00470. The number of pyridine rings is 1. The topological polar surface area (TPSA) is 96.0 Å². The molecule has 2 aromatic carbocycles. The van der Waals surface area contributed by atoms with Crippen molar-refractivity contribution in [2.45, 2.75) is 52.4 Å². The van der Waals surface area contributed by atoms with E-state index in [0.717, 1.165) is 24.3 Å². The van der Waals surface area contributed by atoms with E-state index in [-0.39, 0.29) is 36.0 Å². The van der Waals surface area contributed by atoms with E-state index in [0.29, 0.717) is 30.2 Å². The monoisotopic (exact) mass is 573 g/mol. The average molecular weight is 574 g/mol. The summed E-state index contributed by atoms with van der Waals surface area (Å²) in [5.74, 6) is 0.434. The number of fused-ring (bicyclic) bond motifs is 1. The summed E-state index contributed by atoms with van der Waals surface area (Å²) in [5.41, 5.74) is 4.20. The molecule has 0 saturated heterocycles. The molecule has 0 aliphatic carbocycles. The molecule has 9 heteroatoms. The second-order valence-electron chi connectivity index (χ2n) is 11.4. The number of nitrogens with zero attached hydrogens (tertiary/aromatic N) is 3. The molecule has 3 amide bonds. The first-order chi connectivity index (χ1) is 20.1. The number of hydrogen-bond acceptors (Lipinski definition) is 6. The van der Waals surface area contributed by atoms with Gasteiger partial charge in [-0.05, 0) is 56.5 Å². The van der Waals surface area contributed by atoms with E-state index in [1.54, 1.807) is 43.5 Å². The number of rotatable bonds is 6. The van der Waals surface area contributed by atoms with Crippen LogP contribution >= 0.6 is 0 Å². The standard InChI is InChI=1S/C33H43N5O4/c1-22(2)35-33(40)36-27-14-15-28-30(17-27)42-21-24(4)38(18-23(3)31(41-6)20-37(5)32(28)39)19-25-10-12-26(13-11-25)29-9-7-8-16-34-29/h7-17,22-24,31H,18-21H2,1-6H3,(H2,35,36,40)/t23-,24+,31-/m1/s1. The van der Waals surface area contributed by atoms with Gasteiger partial charge in [0, 0.05) is 69.4 Å². The Balaban J connectivity index is 1.59. The normalized spacial score (nSPS) is 20.2. The Hall–Kier alpha value is -3.95. The number of anilines is 1. The van der Waals surface area contributed by atoms with Crippen LogP contribution in [0.15, 0.2) is 66.9 Å². The second kappa shape index (κ2) is 14.3. The number of benzene rings is 2. The molecule has 4 rings (SSSR count). The van der Waals surface area contributed by atoms with Crippen molar-refractivity contribution >= 4 is 17.6 Å². The highest BCUT2D eigenvalue weighted by Gasteiger charge is 2.28. The molecule has 0 bridgehead atoms. The Bertz CT molecular complexity index is 1330. The summed E-state index contributed by atoms with van der Waals surface area (Å²) in [6.45, 7) is 10.4. The van der Waals surface area contributed by atoms with E-state index >= 15 is 0 Å². The number of carbonyl (C=O) groups excluding carboxylic acids is 2. The molecular formula is C33H43N5O4. The largest absolute Gasteiger partial charge is 0.491 e. The number of amides is 3. The lowest BCUT2D eigenvalue weighted by atomic mass is 10.0. The molecule has 2 heterocycles. The van der Waals surface area contributed by atoms with E-state index in [1.165, 1.54) is 5.56 Å². The molecule has 2 N–H and O–H groups in total. The van der Waals surface area contributed by atoms with Gasteiger partial charge in [0.2, 0.25) is 0 Å². The minimum atomic E-state index is -0.313. The predicted molar refractivity (Wildman–Crippen MR) is 166 cm³/mol. The quantitative estimate of drug-likeness (QED) is 0.416. The van der Waals surface area contributed by atoms with Crippen LogP contribution in [-0.4, -0.2) is 78.8 Å². The van der Waals surface area contributed by atoms with Gasteiger partial charge in [-0.3, -0.25) is 14.7 Å². The first-order valence-electron chi connectivity index (χ1n) is 14.5. The highest BCUT2D eigenvalue weighted by molar-refractivity contribution is 5.98. The lowest BCUT2D eigenvalue weighted by Gasteiger charge is -2.36. The number of likely N-dealkylation sites (N-methyl/N-ethyl adjacent to an activating group) is 1. The van der Waals surface area contributed by atoms with Crippen LogP contribution in [0.4, 0.5) is 10.5 Å². The maximum absolute atomic E-state index is 13.5. The summed E-state index contributed by atoms with van der Waals surface area (Å²) in [4.78, 5) is 34.4. The number of methoxy groups -OCH3 is 1. The Labute approximate surface area is 249 Å². The maximum atomic E-state index is 13.5. The molecule has 0 spiro atoms. The molecule has 0 saturated carbocycles. The van der Waals surface area contributed by atoms with Gasteiger partial charge in [-0.2, -0.15) is 0 Å². The van der Waals surface area contributed by atoms with Crippen LogP contribution in [0.5, 0.6) is 5.75 Å². The smallest absolute Gasteiger partial charge is 0.319 e. The molecule has 42 heavy (non-hydrogen) atoms. The summed E-state index contributed by atoms with van der Waals surface area (Å²) in [5, 5.41) is 5.65. The Morgan fingerprint density at radius 2 is 1.86 bits per heavy atom. The van der Waals surface area contributed by atoms with Crippen molar-refractivity contribution in [3.8, 4) is 17.0 Å². The summed E-state index contributed by atoms with van der Waals surface area (Å²) in [6.07, 6.45) is 1.65. The fourth-order valence-corrected chi connectivity index (χ4v) is 5.12. The molecule has 1 aromatic heterocycles. The van der Waals surface area contributed by atoms with Crippen LogP contribution in [0.25, 0.3) is 11.3 Å². The fraction of sp³-hybridized carbons (Fsp3) is 0.424. The summed E-state index contributed by atoms with van der Waals surface area (Å²) >= 11 is 0. The third-order valence-electron chi connectivity index (χ3n) is 7.55. The van der Waals surface area contributed by atoms with Crippen LogP contribution < -0.4 is 15.4 Å². The van der Waals surface area contributed by atoms with Gasteiger partial charge in [0.25, 0.3) is 5.91 Å². The molecule has 1 aliphatic heterocycles. The SMILES string of the molecule is CO[C@@H]1CN(C)C(=O)c2ccc(NC(=O)NC(C)C)cc2OC[C@H](C)N(Cc2ccc(-c3ccccn3)cc2)C[C@H]1C. The number of carbonyl (C=O) groups is 2. The van der Waals surface area contributed by atoms with Gasteiger partial charge < -0.3 is 25.0 Å². The van der Waals surface area contributed by atoms with Crippen molar-refractivity contribution in [2.75, 3.05) is 39.2 Å². The number of hydrogen-bond donors (Lipinski definition) is 2. The molecule has 0 unspecified atom stereocenters. The average Bonchev–Trinajstić information content (AvgIpc) is 2.97. The third kappa shape index (κ3) is 8.08. The van der Waals surface area contributed by atoms with Gasteiger partial charge in [-0.1, -0.05) is 37.3 Å². The minimum Gasteiger partial charge on any atom is -0.491 e. The highest BCUT2D eigenvalue weighted by Crippen LogP contribution is 2.27. The predicted octanol–water partition coefficient (Wildman–Crippen LogP) is 5.28. The zero-order chi connectivity index (χ0) is 30.2. The summed E-state index contributed by atoms with van der Waals surface area (Å²) in [6, 6.07) is 19.3. The van der Waals surface area contributed by atoms with Crippen molar-refractivity contribution in [1.82, 2.24) is 20.1 Å². The third-order valence-corrected chi connectivity index (χ3v) is 7.55. The summed E-state index contributed by atoms with van der Waals surface area (Å²) < 4.78 is 12.2. The molecule has 3 atom stereocenters. The molecule has 3 aromatic rings. The van der Waals surface area contributed by atoms with Crippen molar-refractivity contribution in [3.05, 3.63) is 78.0 Å². The van der Waals surface area contributed by atoms with Crippen LogP contribution in [0.3, 0.4) is 0 Å². The van der Waals surface area contributed by atoms with Gasteiger partial charge in [0.15, 0.2) is 0 Å². The fourth-order valence-electron chi connectivity index (χ4n) is 5.12. The van der Waals surface area contributed by atoms with E-state index in [9.17, 15) is 9.59 Å².